The molecule has 0 saturated carbocycles. The number of methoxy groups -OCH3 is 1. The molecule has 2 aromatic rings. The summed E-state index contributed by atoms with van der Waals surface area (Å²) < 4.78 is 38.9. The molecule has 25 heavy (non-hydrogen) atoms. The third-order valence-corrected chi connectivity index (χ3v) is 5.54. The third-order valence-electron chi connectivity index (χ3n) is 4.18. The first-order chi connectivity index (χ1) is 12.0. The van der Waals surface area contributed by atoms with Gasteiger partial charge in [-0.25, -0.2) is 8.42 Å². The van der Waals surface area contributed by atoms with Gasteiger partial charge < -0.3 is 14.4 Å². The molecule has 1 N–H and O–H groups in total. The van der Waals surface area contributed by atoms with Crippen LogP contribution >= 0.6 is 0 Å². The van der Waals surface area contributed by atoms with Crippen LogP contribution in [-0.4, -0.2) is 41.8 Å². The van der Waals surface area contributed by atoms with Gasteiger partial charge in [-0.3, -0.25) is 4.72 Å². The Morgan fingerprint density at radius 1 is 1.12 bits per heavy atom. The molecule has 134 valence electrons. The Bertz CT molecular complexity index is 846. The summed E-state index contributed by atoms with van der Waals surface area (Å²) in [7, 11) is -2.12. The van der Waals surface area contributed by atoms with Crippen LogP contribution in [0.3, 0.4) is 0 Å². The maximum absolute atomic E-state index is 12.8. The van der Waals surface area contributed by atoms with Gasteiger partial charge in [0.2, 0.25) is 0 Å². The van der Waals surface area contributed by atoms with Crippen LogP contribution in [0.2, 0.25) is 0 Å². The van der Waals surface area contributed by atoms with Crippen LogP contribution in [0.1, 0.15) is 5.56 Å². The van der Waals surface area contributed by atoms with Gasteiger partial charge in [-0.2, -0.15) is 0 Å². The van der Waals surface area contributed by atoms with Crippen LogP contribution in [-0.2, 0) is 14.8 Å². The summed E-state index contributed by atoms with van der Waals surface area (Å²) in [5.41, 5.74) is 2.20. The topological polar surface area (TPSA) is 67.9 Å². The third kappa shape index (κ3) is 3.88. The van der Waals surface area contributed by atoms with E-state index >= 15 is 0 Å². The highest BCUT2D eigenvalue weighted by atomic mass is 32.2. The van der Waals surface area contributed by atoms with Crippen molar-refractivity contribution in [2.75, 3.05) is 43.0 Å². The van der Waals surface area contributed by atoms with Gasteiger partial charge in [0.15, 0.2) is 0 Å². The number of benzene rings is 2. The van der Waals surface area contributed by atoms with Crippen LogP contribution in [0.5, 0.6) is 5.75 Å². The summed E-state index contributed by atoms with van der Waals surface area (Å²) in [5.74, 6) is 0.660. The molecule has 0 radical (unpaired) electrons. The lowest BCUT2D eigenvalue weighted by molar-refractivity contribution is 0.123. The van der Waals surface area contributed by atoms with Crippen molar-refractivity contribution < 1.29 is 17.9 Å². The second kappa shape index (κ2) is 7.33. The van der Waals surface area contributed by atoms with Crippen molar-refractivity contribution in [3.63, 3.8) is 0 Å². The minimum atomic E-state index is -3.69. The highest BCUT2D eigenvalue weighted by Crippen LogP contribution is 2.29. The van der Waals surface area contributed by atoms with Gasteiger partial charge in [-0.15, -0.1) is 0 Å². The van der Waals surface area contributed by atoms with Crippen LogP contribution in [0, 0.1) is 6.92 Å². The predicted octanol–water partition coefficient (Wildman–Crippen LogP) is 2.64. The van der Waals surface area contributed by atoms with Gasteiger partial charge in [0, 0.05) is 13.1 Å². The second-order valence-electron chi connectivity index (χ2n) is 5.85. The van der Waals surface area contributed by atoms with E-state index in [1.807, 2.05) is 25.1 Å². The van der Waals surface area contributed by atoms with Crippen LogP contribution in [0.25, 0.3) is 0 Å². The average molecular weight is 362 g/mol. The SMILES string of the molecule is COc1ccc(S(=O)(=O)Nc2ccccc2N2CCOCC2)cc1C. The van der Waals surface area contributed by atoms with E-state index in [1.54, 1.807) is 31.4 Å². The molecule has 0 aromatic heterocycles. The van der Waals surface area contributed by atoms with Gasteiger partial charge in [-0.05, 0) is 42.8 Å². The molecule has 1 saturated heterocycles. The zero-order valence-electron chi connectivity index (χ0n) is 14.4. The number of para-hydroxylation sites is 2. The van der Waals surface area contributed by atoms with E-state index < -0.39 is 10.0 Å². The first-order valence-corrected chi connectivity index (χ1v) is 9.59. The summed E-state index contributed by atoms with van der Waals surface area (Å²) in [6.45, 7) is 4.57. The van der Waals surface area contributed by atoms with Crippen molar-refractivity contribution in [3.8, 4) is 5.75 Å². The number of hydrogen-bond acceptors (Lipinski definition) is 5. The quantitative estimate of drug-likeness (QED) is 0.886. The fraction of sp³-hybridized carbons (Fsp3) is 0.333. The van der Waals surface area contributed by atoms with Gasteiger partial charge >= 0.3 is 0 Å². The standard InChI is InChI=1S/C18H22N2O4S/c1-14-13-15(7-8-18(14)23-2)25(21,22)19-16-5-3-4-6-17(16)20-9-11-24-12-10-20/h3-8,13,19H,9-12H2,1-2H3. The molecule has 6 nitrogen and oxygen atoms in total. The zero-order valence-corrected chi connectivity index (χ0v) is 15.2. The van der Waals surface area contributed by atoms with Crippen LogP contribution in [0.15, 0.2) is 47.4 Å². The van der Waals surface area contributed by atoms with Crippen molar-refractivity contribution in [3.05, 3.63) is 48.0 Å². The Kier molecular flexibility index (Phi) is 5.15. The number of anilines is 2. The van der Waals surface area contributed by atoms with E-state index in [1.165, 1.54) is 0 Å². The summed E-state index contributed by atoms with van der Waals surface area (Å²) in [5, 5.41) is 0. The monoisotopic (exact) mass is 362 g/mol. The van der Waals surface area contributed by atoms with Gasteiger partial charge in [0.05, 0.1) is 36.6 Å². The Balaban J connectivity index is 1.90. The molecule has 1 aliphatic heterocycles. The highest BCUT2D eigenvalue weighted by Gasteiger charge is 2.20. The molecule has 3 rings (SSSR count). The molecule has 0 atom stereocenters. The van der Waals surface area contributed by atoms with Gasteiger partial charge in [0.25, 0.3) is 10.0 Å². The zero-order chi connectivity index (χ0) is 17.9. The largest absolute Gasteiger partial charge is 0.496 e. The normalized spacial score (nSPS) is 15.0. The molecule has 0 bridgehead atoms. The summed E-state index contributed by atoms with van der Waals surface area (Å²) >= 11 is 0. The van der Waals surface area contributed by atoms with Gasteiger partial charge in [-0.1, -0.05) is 12.1 Å². The van der Waals surface area contributed by atoms with E-state index in [-0.39, 0.29) is 4.90 Å². The molecule has 1 heterocycles. The maximum atomic E-state index is 12.8. The Morgan fingerprint density at radius 3 is 2.52 bits per heavy atom. The lowest BCUT2D eigenvalue weighted by Gasteiger charge is -2.30. The van der Waals surface area contributed by atoms with Crippen molar-refractivity contribution in [2.24, 2.45) is 0 Å². The van der Waals surface area contributed by atoms with E-state index in [4.69, 9.17) is 9.47 Å². The van der Waals surface area contributed by atoms with E-state index in [9.17, 15) is 8.42 Å². The van der Waals surface area contributed by atoms with Gasteiger partial charge in [0.1, 0.15) is 5.75 Å². The lowest BCUT2D eigenvalue weighted by Crippen LogP contribution is -2.36. The van der Waals surface area contributed by atoms with Crippen LogP contribution in [0.4, 0.5) is 11.4 Å². The van der Waals surface area contributed by atoms with Crippen molar-refractivity contribution >= 4 is 21.4 Å². The minimum absolute atomic E-state index is 0.211. The molecule has 0 unspecified atom stereocenters. The van der Waals surface area contributed by atoms with E-state index in [0.29, 0.717) is 24.7 Å². The first-order valence-electron chi connectivity index (χ1n) is 8.10. The molecule has 0 amide bonds. The molecule has 0 aliphatic carbocycles. The molecule has 1 aliphatic rings. The minimum Gasteiger partial charge on any atom is -0.496 e. The van der Waals surface area contributed by atoms with E-state index in [0.717, 1.165) is 24.3 Å². The number of nitrogens with one attached hydrogen (secondary N) is 1. The first kappa shape index (κ1) is 17.6. The molecular weight excluding hydrogens is 340 g/mol. The fourth-order valence-corrected chi connectivity index (χ4v) is 4.02. The average Bonchev–Trinajstić information content (AvgIpc) is 2.62. The Labute approximate surface area is 148 Å². The number of nitrogens with zero attached hydrogens (tertiary/aromatic N) is 1. The fourth-order valence-electron chi connectivity index (χ4n) is 2.86. The smallest absolute Gasteiger partial charge is 0.261 e. The number of aryl methyl sites for hydroxylation is 1. The number of rotatable bonds is 5. The highest BCUT2D eigenvalue weighted by molar-refractivity contribution is 7.92. The number of ether oxygens (including phenoxy) is 2. The number of morpholine rings is 1. The van der Waals surface area contributed by atoms with Crippen molar-refractivity contribution in [1.82, 2.24) is 0 Å². The molecule has 7 heteroatoms. The predicted molar refractivity (Wildman–Crippen MR) is 98.0 cm³/mol. The van der Waals surface area contributed by atoms with Crippen molar-refractivity contribution in [2.45, 2.75) is 11.8 Å². The molecule has 2 aromatic carbocycles. The summed E-state index contributed by atoms with van der Waals surface area (Å²) in [4.78, 5) is 2.34. The van der Waals surface area contributed by atoms with Crippen LogP contribution < -0.4 is 14.4 Å². The molecule has 1 fully saturated rings. The Morgan fingerprint density at radius 2 is 1.84 bits per heavy atom. The van der Waals surface area contributed by atoms with E-state index in [2.05, 4.69) is 9.62 Å². The summed E-state index contributed by atoms with van der Waals surface area (Å²) in [6.07, 6.45) is 0. The number of sulfonamides is 1. The maximum Gasteiger partial charge on any atom is 0.261 e. The Hall–Kier alpha value is -2.25. The van der Waals surface area contributed by atoms with Crippen molar-refractivity contribution in [1.29, 1.82) is 0 Å². The molecule has 0 spiro atoms. The lowest BCUT2D eigenvalue weighted by atomic mass is 10.2. The molecular formula is C18H22N2O4S. The number of hydrogen-bond donors (Lipinski definition) is 1. The summed E-state index contributed by atoms with van der Waals surface area (Å²) in [6, 6.07) is 12.2. The second-order valence-corrected chi connectivity index (χ2v) is 7.54.